The molecule has 1 aromatic heterocycles. The van der Waals surface area contributed by atoms with Gasteiger partial charge in [0.15, 0.2) is 0 Å². The van der Waals surface area contributed by atoms with E-state index in [-0.39, 0.29) is 11.6 Å². The minimum absolute atomic E-state index is 0.189. The van der Waals surface area contributed by atoms with Gasteiger partial charge in [0.2, 0.25) is 0 Å². The predicted octanol–water partition coefficient (Wildman–Crippen LogP) is 8.38. The number of aliphatic carboxylic acids is 1. The molecule has 5 rings (SSSR count). The molecule has 2 amide bonds. The third-order valence-electron chi connectivity index (χ3n) is 8.25. The normalized spacial score (nSPS) is 13.5. The number of anilines is 1. The fourth-order valence-corrected chi connectivity index (χ4v) is 5.84. The van der Waals surface area contributed by atoms with Gasteiger partial charge in [0.25, 0.3) is 0 Å². The summed E-state index contributed by atoms with van der Waals surface area (Å²) in [5.74, 6) is -2.20. The van der Waals surface area contributed by atoms with Crippen molar-refractivity contribution in [3.05, 3.63) is 77.6 Å². The Bertz CT molecular complexity index is 1730. The number of aromatic carboxylic acids is 1. The predicted molar refractivity (Wildman–Crippen MR) is 174 cm³/mol. The monoisotopic (exact) mass is 652 g/mol. The van der Waals surface area contributed by atoms with Crippen LogP contribution in [0.15, 0.2) is 60.7 Å². The van der Waals surface area contributed by atoms with Gasteiger partial charge in [-0.3, -0.25) is 4.57 Å². The number of benzene rings is 3. The van der Waals surface area contributed by atoms with Crippen LogP contribution in [0.5, 0.6) is 0 Å². The summed E-state index contributed by atoms with van der Waals surface area (Å²) in [7, 11) is 0. The maximum absolute atomic E-state index is 12.7. The van der Waals surface area contributed by atoms with Crippen LogP contribution in [0.25, 0.3) is 27.8 Å². The summed E-state index contributed by atoms with van der Waals surface area (Å²) in [5, 5.41) is 23.0. The van der Waals surface area contributed by atoms with E-state index >= 15 is 0 Å². The van der Waals surface area contributed by atoms with Crippen LogP contribution in [0.3, 0.4) is 0 Å². The zero-order valence-electron chi connectivity index (χ0n) is 26.4. The molecule has 0 unspecified atom stereocenters. The minimum Gasteiger partial charge on any atom is -0.478 e. The Balaban J connectivity index is 0.000000644. The van der Waals surface area contributed by atoms with Crippen LogP contribution in [0.1, 0.15) is 73.6 Å². The van der Waals surface area contributed by atoms with Gasteiger partial charge < -0.3 is 20.8 Å². The molecule has 1 fully saturated rings. The van der Waals surface area contributed by atoms with Crippen molar-refractivity contribution >= 4 is 34.7 Å². The second-order valence-electron chi connectivity index (χ2n) is 11.6. The third-order valence-corrected chi connectivity index (χ3v) is 8.25. The molecule has 1 aliphatic carbocycles. The maximum Gasteiger partial charge on any atom is 0.490 e. The summed E-state index contributed by atoms with van der Waals surface area (Å²) in [6.07, 6.45) is 3.93. The molecule has 0 aliphatic heterocycles. The molecule has 4 N–H and O–H groups in total. The van der Waals surface area contributed by atoms with Gasteiger partial charge in [0.1, 0.15) is 5.82 Å². The number of aromatic nitrogens is 2. The molecule has 250 valence electrons. The van der Waals surface area contributed by atoms with E-state index in [4.69, 9.17) is 14.9 Å². The molecule has 0 saturated heterocycles. The first-order valence-electron chi connectivity index (χ1n) is 15.7. The molecular formula is C35H39F3N4O5. The smallest absolute Gasteiger partial charge is 0.478 e. The maximum atomic E-state index is 12.7. The van der Waals surface area contributed by atoms with E-state index in [0.29, 0.717) is 23.7 Å². The molecule has 12 heteroatoms. The topological polar surface area (TPSA) is 134 Å². The summed E-state index contributed by atoms with van der Waals surface area (Å²) < 4.78 is 33.9. The van der Waals surface area contributed by atoms with Crippen LogP contribution < -0.4 is 10.6 Å². The van der Waals surface area contributed by atoms with Crippen molar-refractivity contribution in [2.75, 3.05) is 11.9 Å². The van der Waals surface area contributed by atoms with Gasteiger partial charge in [0, 0.05) is 18.7 Å². The lowest BCUT2D eigenvalue weighted by molar-refractivity contribution is -0.192. The second kappa shape index (κ2) is 15.6. The Morgan fingerprint density at radius 2 is 1.64 bits per heavy atom. The van der Waals surface area contributed by atoms with E-state index in [1.54, 1.807) is 12.1 Å². The number of unbranched alkanes of at least 4 members (excludes halogenated alkanes) is 1. The van der Waals surface area contributed by atoms with Crippen LogP contribution in [-0.4, -0.2) is 50.5 Å². The standard InChI is InChI=1S/C33H38N4O3.C2HF3O2/c1-3-4-17-31-36-28-19-18-24(35-33(40)34-21-23-11-6-5-7-12-23)20-30(28)37(31)29-16-10-15-25(22(29)2)26-13-8-9-14-27(26)32(38)39;3-2(4,5)1(6)7/h8-10,13-16,18-20,23H,3-7,11-12,17,21H2,1-2H3,(H,38,39)(H2,34,35,40);(H,6,7). The number of carboxylic acid groups (broad SMARTS) is 2. The van der Waals surface area contributed by atoms with Crippen molar-refractivity contribution in [3.63, 3.8) is 0 Å². The first kappa shape index (κ1) is 35.0. The number of carbonyl (C=O) groups excluding carboxylic acids is 1. The molecule has 0 bridgehead atoms. The molecule has 47 heavy (non-hydrogen) atoms. The SMILES string of the molecule is CCCCc1nc2ccc(NC(=O)NCC3CCCCC3)cc2n1-c1cccc(-c2ccccc2C(=O)O)c1C.O=C(O)C(F)(F)F. The minimum atomic E-state index is -5.08. The number of imidazole rings is 1. The lowest BCUT2D eigenvalue weighted by Crippen LogP contribution is -2.33. The first-order valence-corrected chi connectivity index (χ1v) is 15.7. The number of carboxylic acids is 2. The molecule has 1 aliphatic rings. The summed E-state index contributed by atoms with van der Waals surface area (Å²) >= 11 is 0. The highest BCUT2D eigenvalue weighted by Crippen LogP contribution is 2.34. The molecule has 0 radical (unpaired) electrons. The van der Waals surface area contributed by atoms with E-state index in [1.807, 2.05) is 49.4 Å². The molecule has 1 saturated carbocycles. The summed E-state index contributed by atoms with van der Waals surface area (Å²) in [4.78, 5) is 38.6. The van der Waals surface area contributed by atoms with E-state index in [0.717, 1.165) is 52.9 Å². The number of alkyl halides is 3. The van der Waals surface area contributed by atoms with Crippen molar-refractivity contribution in [1.29, 1.82) is 0 Å². The number of nitrogens with zero attached hydrogens (tertiary/aromatic N) is 2. The molecular weight excluding hydrogens is 613 g/mol. The zero-order valence-corrected chi connectivity index (χ0v) is 26.4. The number of rotatable bonds is 9. The van der Waals surface area contributed by atoms with Crippen LogP contribution in [0, 0.1) is 12.8 Å². The van der Waals surface area contributed by atoms with Gasteiger partial charge in [-0.2, -0.15) is 13.2 Å². The first-order chi connectivity index (χ1) is 22.4. The van der Waals surface area contributed by atoms with Crippen LogP contribution in [0.4, 0.5) is 23.7 Å². The van der Waals surface area contributed by atoms with E-state index < -0.39 is 18.1 Å². The largest absolute Gasteiger partial charge is 0.490 e. The Labute approximate surface area is 270 Å². The van der Waals surface area contributed by atoms with Gasteiger partial charge in [0.05, 0.1) is 22.3 Å². The van der Waals surface area contributed by atoms with Gasteiger partial charge in [-0.1, -0.05) is 62.9 Å². The lowest BCUT2D eigenvalue weighted by Gasteiger charge is -2.21. The summed E-state index contributed by atoms with van der Waals surface area (Å²) in [6, 6.07) is 18.7. The van der Waals surface area contributed by atoms with Crippen LogP contribution >= 0.6 is 0 Å². The van der Waals surface area contributed by atoms with E-state index in [2.05, 4.69) is 28.2 Å². The fraction of sp³-hybridized carbons (Fsp3) is 0.371. The average molecular weight is 653 g/mol. The average Bonchev–Trinajstić information content (AvgIpc) is 3.40. The number of nitrogens with one attached hydrogen (secondary N) is 2. The van der Waals surface area contributed by atoms with Crippen molar-refractivity contribution in [3.8, 4) is 16.8 Å². The Kier molecular flexibility index (Phi) is 11.6. The number of halogens is 3. The van der Waals surface area contributed by atoms with Gasteiger partial charge in [-0.15, -0.1) is 0 Å². The van der Waals surface area contributed by atoms with Crippen molar-refractivity contribution in [2.24, 2.45) is 5.92 Å². The number of carbonyl (C=O) groups is 3. The van der Waals surface area contributed by atoms with Crippen molar-refractivity contribution in [2.45, 2.75) is 71.4 Å². The molecule has 1 heterocycles. The van der Waals surface area contributed by atoms with Gasteiger partial charge >= 0.3 is 24.1 Å². The molecule has 9 nitrogen and oxygen atoms in total. The van der Waals surface area contributed by atoms with E-state index in [1.165, 1.54) is 32.1 Å². The number of aryl methyl sites for hydroxylation is 1. The van der Waals surface area contributed by atoms with E-state index in [9.17, 15) is 27.9 Å². The summed E-state index contributed by atoms with van der Waals surface area (Å²) in [6.45, 7) is 4.90. The Morgan fingerprint density at radius 3 is 2.30 bits per heavy atom. The summed E-state index contributed by atoms with van der Waals surface area (Å²) in [5.41, 5.74) is 6.22. The number of fused-ring (bicyclic) bond motifs is 1. The number of urea groups is 1. The van der Waals surface area contributed by atoms with Gasteiger partial charge in [-0.25, -0.2) is 19.4 Å². The van der Waals surface area contributed by atoms with Crippen molar-refractivity contribution in [1.82, 2.24) is 14.9 Å². The fourth-order valence-electron chi connectivity index (χ4n) is 5.84. The highest BCUT2D eigenvalue weighted by atomic mass is 19.4. The Morgan fingerprint density at radius 1 is 0.957 bits per heavy atom. The highest BCUT2D eigenvalue weighted by Gasteiger charge is 2.38. The lowest BCUT2D eigenvalue weighted by atomic mass is 9.89. The van der Waals surface area contributed by atoms with Crippen LogP contribution in [-0.2, 0) is 11.2 Å². The quantitative estimate of drug-likeness (QED) is 0.144. The van der Waals surface area contributed by atoms with Crippen LogP contribution in [0.2, 0.25) is 0 Å². The molecule has 4 aromatic rings. The number of amides is 2. The van der Waals surface area contributed by atoms with Gasteiger partial charge in [-0.05, 0) is 79.1 Å². The number of hydrogen-bond acceptors (Lipinski definition) is 4. The van der Waals surface area contributed by atoms with Crippen molar-refractivity contribution < 1.29 is 37.8 Å². The second-order valence-corrected chi connectivity index (χ2v) is 11.6. The highest BCUT2D eigenvalue weighted by molar-refractivity contribution is 5.97. The molecule has 3 aromatic carbocycles. The zero-order chi connectivity index (χ0) is 34.1. The molecule has 0 atom stereocenters. The molecule has 0 spiro atoms. The third kappa shape index (κ3) is 8.90. The Hall–Kier alpha value is -4.87. The number of hydrogen-bond donors (Lipinski definition) is 4.